The van der Waals surface area contributed by atoms with E-state index in [0.29, 0.717) is 11.1 Å². The Morgan fingerprint density at radius 2 is 2.00 bits per heavy atom. The normalized spacial score (nSPS) is 13.3. The Hall–Kier alpha value is -0.180. The molecule has 0 rings (SSSR count). The van der Waals surface area contributed by atoms with Crippen LogP contribution in [0.5, 0.6) is 0 Å². The number of rotatable bonds is 6. The first-order valence-corrected chi connectivity index (χ1v) is 5.51. The van der Waals surface area contributed by atoms with Crippen LogP contribution in [0.3, 0.4) is 0 Å². The predicted molar refractivity (Wildman–Crippen MR) is 57.9 cm³/mol. The van der Waals surface area contributed by atoms with Gasteiger partial charge in [-0.25, -0.2) is 0 Å². The van der Waals surface area contributed by atoms with Gasteiger partial charge in [0.2, 0.25) is 0 Å². The summed E-state index contributed by atoms with van der Waals surface area (Å²) in [7, 11) is 0. The summed E-state index contributed by atoms with van der Waals surface area (Å²) in [6, 6.07) is 0. The molecule has 3 N–H and O–H groups in total. The van der Waals surface area contributed by atoms with Crippen molar-refractivity contribution in [3.05, 3.63) is 0 Å². The van der Waals surface area contributed by atoms with Crippen molar-refractivity contribution < 1.29 is 0 Å². The van der Waals surface area contributed by atoms with Crippen LogP contribution in [0.4, 0.5) is 0 Å². The lowest BCUT2D eigenvalue weighted by Gasteiger charge is -2.10. The molecule has 12 heavy (non-hydrogen) atoms. The highest BCUT2D eigenvalue weighted by atomic mass is 32.2. The SMILES string of the molecule is CC(C)CCSC(C)CC(=N)N. The van der Waals surface area contributed by atoms with E-state index in [1.165, 1.54) is 12.2 Å². The number of nitrogens with two attached hydrogens (primary N) is 1. The van der Waals surface area contributed by atoms with Crippen LogP contribution in [-0.2, 0) is 0 Å². The van der Waals surface area contributed by atoms with E-state index in [0.717, 1.165) is 12.3 Å². The summed E-state index contributed by atoms with van der Waals surface area (Å²) in [6.07, 6.45) is 1.98. The average molecular weight is 188 g/mol. The van der Waals surface area contributed by atoms with Crippen LogP contribution < -0.4 is 5.73 Å². The number of hydrogen-bond donors (Lipinski definition) is 2. The van der Waals surface area contributed by atoms with Crippen LogP contribution in [0.1, 0.15) is 33.6 Å². The van der Waals surface area contributed by atoms with Crippen molar-refractivity contribution >= 4 is 17.6 Å². The second-order valence-corrected chi connectivity index (χ2v) is 5.14. The highest BCUT2D eigenvalue weighted by molar-refractivity contribution is 7.99. The molecule has 0 heterocycles. The standard InChI is InChI=1S/C9H20N2S/c1-7(2)4-5-12-8(3)6-9(10)11/h7-8H,4-6H2,1-3H3,(H3,10,11). The second kappa shape index (κ2) is 6.35. The van der Waals surface area contributed by atoms with Gasteiger partial charge in [-0.3, -0.25) is 5.41 Å². The number of hydrogen-bond acceptors (Lipinski definition) is 2. The Morgan fingerprint density at radius 3 is 2.42 bits per heavy atom. The Bertz CT molecular complexity index is 134. The molecule has 3 heteroatoms. The van der Waals surface area contributed by atoms with Crippen LogP contribution in [0.2, 0.25) is 0 Å². The predicted octanol–water partition coefficient (Wildman–Crippen LogP) is 2.48. The monoisotopic (exact) mass is 188 g/mol. The zero-order valence-electron chi connectivity index (χ0n) is 8.26. The summed E-state index contributed by atoms with van der Waals surface area (Å²) in [6.45, 7) is 6.60. The van der Waals surface area contributed by atoms with Gasteiger partial charge in [0.1, 0.15) is 0 Å². The van der Waals surface area contributed by atoms with Crippen LogP contribution in [0.15, 0.2) is 0 Å². The minimum Gasteiger partial charge on any atom is -0.388 e. The summed E-state index contributed by atoms with van der Waals surface area (Å²) in [4.78, 5) is 0. The van der Waals surface area contributed by atoms with Gasteiger partial charge in [0.15, 0.2) is 0 Å². The number of thioether (sulfide) groups is 1. The van der Waals surface area contributed by atoms with Crippen LogP contribution in [-0.4, -0.2) is 16.8 Å². The Kier molecular flexibility index (Phi) is 6.25. The van der Waals surface area contributed by atoms with Crippen LogP contribution in [0.25, 0.3) is 0 Å². The third-order valence-electron chi connectivity index (χ3n) is 1.60. The highest BCUT2D eigenvalue weighted by Crippen LogP contribution is 2.16. The smallest absolute Gasteiger partial charge is 0.0916 e. The molecule has 0 bridgehead atoms. The molecule has 0 aliphatic heterocycles. The van der Waals surface area contributed by atoms with Gasteiger partial charge in [0, 0.05) is 11.7 Å². The molecule has 1 unspecified atom stereocenters. The van der Waals surface area contributed by atoms with E-state index in [9.17, 15) is 0 Å². The molecule has 0 spiro atoms. The lowest BCUT2D eigenvalue weighted by Crippen LogP contribution is -2.15. The molecule has 0 aromatic carbocycles. The van der Waals surface area contributed by atoms with Gasteiger partial charge in [0.05, 0.1) is 5.84 Å². The minimum absolute atomic E-state index is 0.305. The van der Waals surface area contributed by atoms with Gasteiger partial charge in [-0.1, -0.05) is 20.8 Å². The van der Waals surface area contributed by atoms with Gasteiger partial charge < -0.3 is 5.73 Å². The summed E-state index contributed by atoms with van der Waals surface area (Å²) in [5.74, 6) is 2.27. The van der Waals surface area contributed by atoms with E-state index in [-0.39, 0.29) is 0 Å². The first-order chi connectivity index (χ1) is 5.52. The first kappa shape index (κ1) is 11.8. The summed E-state index contributed by atoms with van der Waals surface area (Å²) in [5, 5.41) is 7.61. The number of amidine groups is 1. The fourth-order valence-electron chi connectivity index (χ4n) is 0.874. The van der Waals surface area contributed by atoms with Crippen molar-refractivity contribution in [1.82, 2.24) is 0 Å². The maximum absolute atomic E-state index is 7.11. The largest absolute Gasteiger partial charge is 0.388 e. The Balaban J connectivity index is 3.31. The van der Waals surface area contributed by atoms with E-state index < -0.39 is 0 Å². The average Bonchev–Trinajstić information content (AvgIpc) is 1.84. The fourth-order valence-corrected chi connectivity index (χ4v) is 2.18. The summed E-state index contributed by atoms with van der Waals surface area (Å²) >= 11 is 1.91. The van der Waals surface area contributed by atoms with E-state index in [4.69, 9.17) is 11.1 Å². The van der Waals surface area contributed by atoms with Crippen molar-refractivity contribution in [2.45, 2.75) is 38.9 Å². The van der Waals surface area contributed by atoms with Gasteiger partial charge >= 0.3 is 0 Å². The molecule has 0 radical (unpaired) electrons. The van der Waals surface area contributed by atoms with Gasteiger partial charge in [-0.05, 0) is 18.1 Å². The van der Waals surface area contributed by atoms with E-state index in [2.05, 4.69) is 20.8 Å². The van der Waals surface area contributed by atoms with Crippen molar-refractivity contribution in [3.8, 4) is 0 Å². The third kappa shape index (κ3) is 7.92. The molecule has 2 nitrogen and oxygen atoms in total. The first-order valence-electron chi connectivity index (χ1n) is 4.47. The molecule has 0 fully saturated rings. The molecule has 0 saturated heterocycles. The van der Waals surface area contributed by atoms with Crippen LogP contribution >= 0.6 is 11.8 Å². The molecular weight excluding hydrogens is 168 g/mol. The maximum Gasteiger partial charge on any atom is 0.0916 e. The molecule has 72 valence electrons. The van der Waals surface area contributed by atoms with Crippen LogP contribution in [0, 0.1) is 11.3 Å². The molecular formula is C9H20N2S. The quantitative estimate of drug-likeness (QED) is 0.497. The maximum atomic E-state index is 7.11. The van der Waals surface area contributed by atoms with Crippen molar-refractivity contribution in [2.24, 2.45) is 11.7 Å². The molecule has 0 aliphatic rings. The number of nitrogens with one attached hydrogen (secondary N) is 1. The van der Waals surface area contributed by atoms with E-state index in [1.807, 2.05) is 11.8 Å². The van der Waals surface area contributed by atoms with Gasteiger partial charge in [-0.15, -0.1) is 0 Å². The summed E-state index contributed by atoms with van der Waals surface area (Å²) < 4.78 is 0. The molecule has 1 atom stereocenters. The summed E-state index contributed by atoms with van der Waals surface area (Å²) in [5.41, 5.74) is 5.29. The minimum atomic E-state index is 0.305. The lowest BCUT2D eigenvalue weighted by molar-refractivity contribution is 0.631. The van der Waals surface area contributed by atoms with E-state index >= 15 is 0 Å². The highest BCUT2D eigenvalue weighted by Gasteiger charge is 2.04. The zero-order valence-corrected chi connectivity index (χ0v) is 9.08. The Morgan fingerprint density at radius 1 is 1.42 bits per heavy atom. The molecule has 0 aromatic rings. The third-order valence-corrected chi connectivity index (χ3v) is 2.81. The van der Waals surface area contributed by atoms with Crippen molar-refractivity contribution in [1.29, 1.82) is 5.41 Å². The zero-order chi connectivity index (χ0) is 9.56. The molecule has 0 aromatic heterocycles. The Labute approximate surface area is 79.8 Å². The fraction of sp³-hybridized carbons (Fsp3) is 0.889. The molecule has 0 saturated carbocycles. The van der Waals surface area contributed by atoms with E-state index in [1.54, 1.807) is 0 Å². The van der Waals surface area contributed by atoms with Gasteiger partial charge in [-0.2, -0.15) is 11.8 Å². The van der Waals surface area contributed by atoms with Gasteiger partial charge in [0.25, 0.3) is 0 Å². The lowest BCUT2D eigenvalue weighted by atomic mass is 10.2. The molecule has 0 amide bonds. The topological polar surface area (TPSA) is 49.9 Å². The van der Waals surface area contributed by atoms with Crippen molar-refractivity contribution in [3.63, 3.8) is 0 Å². The second-order valence-electron chi connectivity index (χ2n) is 3.59. The molecule has 0 aliphatic carbocycles. The van der Waals surface area contributed by atoms with Crippen molar-refractivity contribution in [2.75, 3.05) is 5.75 Å².